The number of carbonyl (C=O) groups excluding carboxylic acids is 2. The Hall–Kier alpha value is -4.86. The molecule has 0 radical (unpaired) electrons. The van der Waals surface area contributed by atoms with Crippen LogP contribution in [0.5, 0.6) is 23.0 Å². The summed E-state index contributed by atoms with van der Waals surface area (Å²) >= 11 is 0. The van der Waals surface area contributed by atoms with Crippen LogP contribution in [-0.4, -0.2) is 35.2 Å². The van der Waals surface area contributed by atoms with Crippen LogP contribution in [0.1, 0.15) is 39.2 Å². The molecule has 0 atom stereocenters. The number of alkyl carbamates (subject to hydrolysis) is 1. The number of pyridine rings is 1. The normalized spacial score (nSPS) is 13.6. The maximum absolute atomic E-state index is 15.2. The zero-order valence-electron chi connectivity index (χ0n) is 23.8. The highest BCUT2D eigenvalue weighted by Gasteiger charge is 2.52. The second-order valence-electron chi connectivity index (χ2n) is 11.0. The number of benzene rings is 3. The van der Waals surface area contributed by atoms with Gasteiger partial charge in [0.15, 0.2) is 23.1 Å². The summed E-state index contributed by atoms with van der Waals surface area (Å²) in [5, 5.41) is 5.91. The first kappa shape index (κ1) is 28.7. The minimum Gasteiger partial charge on any atom is -0.493 e. The molecule has 2 N–H and O–H groups in total. The quantitative estimate of drug-likeness (QED) is 0.228. The van der Waals surface area contributed by atoms with Crippen molar-refractivity contribution in [2.45, 2.75) is 51.4 Å². The summed E-state index contributed by atoms with van der Waals surface area (Å²) in [5.74, 6) is 0.177. The highest BCUT2D eigenvalue weighted by atomic mass is 19.1. The van der Waals surface area contributed by atoms with Gasteiger partial charge in [-0.25, -0.2) is 9.18 Å². The Labute approximate surface area is 242 Å². The fourth-order valence-electron chi connectivity index (χ4n) is 4.29. The molecule has 0 bridgehead atoms. The molecule has 1 aliphatic carbocycles. The van der Waals surface area contributed by atoms with Gasteiger partial charge in [0.25, 0.3) is 0 Å². The van der Waals surface area contributed by atoms with Gasteiger partial charge < -0.3 is 29.6 Å². The van der Waals surface area contributed by atoms with Gasteiger partial charge in [0, 0.05) is 29.4 Å². The summed E-state index contributed by atoms with van der Waals surface area (Å²) in [7, 11) is 1.55. The molecule has 0 saturated heterocycles. The highest BCUT2D eigenvalue weighted by molar-refractivity contribution is 6.02. The largest absolute Gasteiger partial charge is 0.493 e. The van der Waals surface area contributed by atoms with E-state index in [4.69, 9.17) is 18.9 Å². The first-order valence-corrected chi connectivity index (χ1v) is 13.5. The van der Waals surface area contributed by atoms with Gasteiger partial charge in [-0.1, -0.05) is 30.3 Å². The molecular weight excluding hydrogens is 541 g/mol. The number of halogens is 1. The molecule has 1 aliphatic rings. The van der Waals surface area contributed by atoms with Crippen LogP contribution in [0.3, 0.4) is 0 Å². The number of amides is 2. The zero-order valence-corrected chi connectivity index (χ0v) is 23.8. The number of aromatic nitrogens is 1. The minimum absolute atomic E-state index is 0.0453. The molecule has 4 aromatic rings. The standard InChI is InChI=1S/C32H32FN3O6/c1-31(2,3)42-30(38)36-32(13-14-32)29(37)35-21-10-11-26(23(33)16-21)41-25-12-15-34-24-18-27(39-4)28(17-22(24)25)40-19-20-8-6-5-7-9-20/h5-12,15-18H,13-14,19H2,1-4H3,(H,35,37)(H,36,38). The Morgan fingerprint density at radius 3 is 2.38 bits per heavy atom. The molecule has 3 aromatic carbocycles. The molecule has 1 heterocycles. The van der Waals surface area contributed by atoms with Crippen molar-refractivity contribution >= 4 is 28.6 Å². The number of rotatable bonds is 9. The number of anilines is 1. The van der Waals surface area contributed by atoms with Crippen LogP contribution in [0.2, 0.25) is 0 Å². The van der Waals surface area contributed by atoms with Crippen molar-refractivity contribution in [3.63, 3.8) is 0 Å². The van der Waals surface area contributed by atoms with Crippen LogP contribution >= 0.6 is 0 Å². The number of nitrogens with one attached hydrogen (secondary N) is 2. The van der Waals surface area contributed by atoms with Gasteiger partial charge in [0.1, 0.15) is 23.5 Å². The Morgan fingerprint density at radius 2 is 1.71 bits per heavy atom. The van der Waals surface area contributed by atoms with Gasteiger partial charge in [-0.15, -0.1) is 0 Å². The van der Waals surface area contributed by atoms with Crippen molar-refractivity contribution in [1.82, 2.24) is 10.3 Å². The number of nitrogens with zero attached hydrogens (tertiary/aromatic N) is 1. The summed E-state index contributed by atoms with van der Waals surface area (Å²) in [6.45, 7) is 5.55. The lowest BCUT2D eigenvalue weighted by atomic mass is 10.1. The van der Waals surface area contributed by atoms with Crippen molar-refractivity contribution < 1.29 is 32.9 Å². The summed E-state index contributed by atoms with van der Waals surface area (Å²) in [5.41, 5.74) is 0.0184. The second kappa shape index (κ2) is 11.6. The van der Waals surface area contributed by atoms with Crippen LogP contribution in [0.25, 0.3) is 10.9 Å². The van der Waals surface area contributed by atoms with E-state index in [1.54, 1.807) is 52.3 Å². The summed E-state index contributed by atoms with van der Waals surface area (Å²) < 4.78 is 37.9. The zero-order chi connectivity index (χ0) is 29.9. The Kier molecular flexibility index (Phi) is 7.89. The summed E-state index contributed by atoms with van der Waals surface area (Å²) in [6, 6.07) is 18.9. The maximum atomic E-state index is 15.2. The first-order valence-electron chi connectivity index (χ1n) is 13.5. The van der Waals surface area contributed by atoms with Crippen LogP contribution < -0.4 is 24.8 Å². The Morgan fingerprint density at radius 1 is 0.952 bits per heavy atom. The molecule has 42 heavy (non-hydrogen) atoms. The minimum atomic E-state index is -1.08. The first-order chi connectivity index (χ1) is 20.0. The molecule has 0 unspecified atom stereocenters. The molecular formula is C32H32FN3O6. The van der Waals surface area contributed by atoms with E-state index in [1.807, 2.05) is 30.3 Å². The lowest BCUT2D eigenvalue weighted by Crippen LogP contribution is -2.47. The predicted molar refractivity (Wildman–Crippen MR) is 156 cm³/mol. The average molecular weight is 574 g/mol. The van der Waals surface area contributed by atoms with Crippen molar-refractivity contribution in [3.8, 4) is 23.0 Å². The molecule has 218 valence electrons. The Bertz CT molecular complexity index is 1620. The molecule has 0 spiro atoms. The smallest absolute Gasteiger partial charge is 0.408 e. The van der Waals surface area contributed by atoms with Gasteiger partial charge >= 0.3 is 6.09 Å². The van der Waals surface area contributed by atoms with E-state index in [1.165, 1.54) is 12.1 Å². The number of hydrogen-bond donors (Lipinski definition) is 2. The second-order valence-corrected chi connectivity index (χ2v) is 11.0. The number of methoxy groups -OCH3 is 1. The monoisotopic (exact) mass is 573 g/mol. The van der Waals surface area contributed by atoms with Gasteiger partial charge in [0.05, 0.1) is 12.6 Å². The fraction of sp³-hybridized carbons (Fsp3) is 0.281. The molecule has 2 amide bonds. The molecule has 1 aromatic heterocycles. The number of fused-ring (bicyclic) bond motifs is 1. The lowest BCUT2D eigenvalue weighted by molar-refractivity contribution is -0.119. The number of ether oxygens (including phenoxy) is 4. The highest BCUT2D eigenvalue weighted by Crippen LogP contribution is 2.39. The van der Waals surface area contributed by atoms with E-state index in [-0.39, 0.29) is 11.4 Å². The van der Waals surface area contributed by atoms with Crippen molar-refractivity contribution in [2.24, 2.45) is 0 Å². The van der Waals surface area contributed by atoms with Gasteiger partial charge in [-0.3, -0.25) is 9.78 Å². The van der Waals surface area contributed by atoms with Gasteiger partial charge in [-0.05, 0) is 63.4 Å². The lowest BCUT2D eigenvalue weighted by Gasteiger charge is -2.23. The molecule has 10 heteroatoms. The predicted octanol–water partition coefficient (Wildman–Crippen LogP) is 6.75. The van der Waals surface area contributed by atoms with E-state index in [9.17, 15) is 9.59 Å². The third-order valence-electron chi connectivity index (χ3n) is 6.56. The van der Waals surface area contributed by atoms with Crippen molar-refractivity contribution in [1.29, 1.82) is 0 Å². The molecule has 9 nitrogen and oxygen atoms in total. The van der Waals surface area contributed by atoms with Crippen LogP contribution in [0.15, 0.2) is 72.9 Å². The fourth-order valence-corrected chi connectivity index (χ4v) is 4.29. The average Bonchev–Trinajstić information content (AvgIpc) is 3.73. The van der Waals surface area contributed by atoms with Gasteiger partial charge in [-0.2, -0.15) is 0 Å². The van der Waals surface area contributed by atoms with E-state index in [2.05, 4.69) is 15.6 Å². The summed E-state index contributed by atoms with van der Waals surface area (Å²) in [4.78, 5) is 29.5. The van der Waals surface area contributed by atoms with Crippen molar-refractivity contribution in [2.75, 3.05) is 12.4 Å². The van der Waals surface area contributed by atoms with Crippen molar-refractivity contribution in [3.05, 3.63) is 84.3 Å². The molecule has 1 fully saturated rings. The molecule has 0 aliphatic heterocycles. The topological polar surface area (TPSA) is 108 Å². The molecule has 5 rings (SSSR count). The van der Waals surface area contributed by atoms with E-state index in [0.717, 1.165) is 11.6 Å². The van der Waals surface area contributed by atoms with Crippen LogP contribution in [0, 0.1) is 5.82 Å². The third-order valence-corrected chi connectivity index (χ3v) is 6.56. The Balaban J connectivity index is 1.31. The summed E-state index contributed by atoms with van der Waals surface area (Å²) in [6.07, 6.45) is 1.79. The van der Waals surface area contributed by atoms with Gasteiger partial charge in [0.2, 0.25) is 5.91 Å². The molecule has 1 saturated carbocycles. The number of hydrogen-bond acceptors (Lipinski definition) is 7. The van der Waals surface area contributed by atoms with E-state index >= 15 is 4.39 Å². The third kappa shape index (κ3) is 6.71. The van der Waals surface area contributed by atoms with E-state index < -0.39 is 29.0 Å². The van der Waals surface area contributed by atoms with Crippen LogP contribution in [0.4, 0.5) is 14.9 Å². The van der Waals surface area contributed by atoms with Crippen LogP contribution in [-0.2, 0) is 16.1 Å². The maximum Gasteiger partial charge on any atom is 0.408 e. The van der Waals surface area contributed by atoms with E-state index in [0.29, 0.717) is 47.6 Å². The SMILES string of the molecule is COc1cc2nccc(Oc3ccc(NC(=O)C4(NC(=O)OC(C)(C)C)CC4)cc3F)c2cc1OCc1ccccc1. The number of carbonyl (C=O) groups is 2.